The summed E-state index contributed by atoms with van der Waals surface area (Å²) in [6.07, 6.45) is 0.656. The highest BCUT2D eigenvalue weighted by molar-refractivity contribution is 5.64. The molecule has 0 bridgehead atoms. The lowest BCUT2D eigenvalue weighted by Gasteiger charge is -2.19. The van der Waals surface area contributed by atoms with E-state index in [1.54, 1.807) is 6.07 Å². The van der Waals surface area contributed by atoms with E-state index >= 15 is 0 Å². The molecule has 0 aliphatic carbocycles. The zero-order valence-electron chi connectivity index (χ0n) is 8.89. The Bertz CT molecular complexity index is 340. The summed E-state index contributed by atoms with van der Waals surface area (Å²) in [7, 11) is 0. The van der Waals surface area contributed by atoms with Gasteiger partial charge in [-0.05, 0) is 29.5 Å². The monoisotopic (exact) mass is 196 g/mol. The van der Waals surface area contributed by atoms with E-state index in [0.29, 0.717) is 23.4 Å². The summed E-state index contributed by atoms with van der Waals surface area (Å²) in [6, 6.07) is 2.91. The number of nitrogen functional groups attached to an aromatic ring is 2. The Morgan fingerprint density at radius 3 is 2.14 bits per heavy atom. The Hall–Kier alpha value is -1.25. The third kappa shape index (κ3) is 2.62. The van der Waals surface area contributed by atoms with Gasteiger partial charge < -0.3 is 11.5 Å². The zero-order chi connectivity index (χ0) is 10.9. The minimum Gasteiger partial charge on any atom is -0.397 e. The Balaban J connectivity index is 3.04. The van der Waals surface area contributed by atoms with E-state index in [9.17, 15) is 4.39 Å². The first-order valence-corrected chi connectivity index (χ1v) is 4.63. The summed E-state index contributed by atoms with van der Waals surface area (Å²) in [4.78, 5) is 0. The van der Waals surface area contributed by atoms with Crippen molar-refractivity contribution in [3.05, 3.63) is 23.5 Å². The minimum absolute atomic E-state index is 0.0450. The molecule has 1 aromatic rings. The summed E-state index contributed by atoms with van der Waals surface area (Å²) < 4.78 is 13.4. The highest BCUT2D eigenvalue weighted by atomic mass is 19.1. The van der Waals surface area contributed by atoms with Gasteiger partial charge in [-0.2, -0.15) is 0 Å². The molecule has 78 valence electrons. The van der Waals surface area contributed by atoms with Crippen LogP contribution in [0, 0.1) is 11.2 Å². The molecule has 4 N–H and O–H groups in total. The Morgan fingerprint density at radius 1 is 1.14 bits per heavy atom. The Morgan fingerprint density at radius 2 is 1.64 bits per heavy atom. The number of hydrogen-bond donors (Lipinski definition) is 2. The van der Waals surface area contributed by atoms with Crippen molar-refractivity contribution in [2.75, 3.05) is 11.5 Å². The Labute approximate surface area is 84.1 Å². The average molecular weight is 196 g/mol. The first kappa shape index (κ1) is 10.8. The second-order valence-corrected chi connectivity index (χ2v) is 4.81. The van der Waals surface area contributed by atoms with E-state index < -0.39 is 0 Å². The van der Waals surface area contributed by atoms with Crippen LogP contribution in [-0.2, 0) is 6.42 Å². The molecule has 0 amide bonds. The lowest BCUT2D eigenvalue weighted by Crippen LogP contribution is -2.11. The van der Waals surface area contributed by atoms with Crippen LogP contribution < -0.4 is 11.5 Å². The molecule has 0 aliphatic rings. The van der Waals surface area contributed by atoms with Crippen LogP contribution in [0.5, 0.6) is 0 Å². The van der Waals surface area contributed by atoms with Gasteiger partial charge in [-0.1, -0.05) is 20.8 Å². The normalized spacial score (nSPS) is 11.7. The molecular weight excluding hydrogens is 179 g/mol. The van der Waals surface area contributed by atoms with E-state index in [-0.39, 0.29) is 11.2 Å². The topological polar surface area (TPSA) is 52.0 Å². The summed E-state index contributed by atoms with van der Waals surface area (Å²) in [6.45, 7) is 6.16. The van der Waals surface area contributed by atoms with Crippen LogP contribution in [0.1, 0.15) is 26.3 Å². The van der Waals surface area contributed by atoms with Gasteiger partial charge in [0.1, 0.15) is 5.82 Å². The molecular formula is C11H17FN2. The summed E-state index contributed by atoms with van der Waals surface area (Å²) in [5.41, 5.74) is 12.5. The molecule has 2 nitrogen and oxygen atoms in total. The lowest BCUT2D eigenvalue weighted by molar-refractivity contribution is 0.402. The molecule has 1 rings (SSSR count). The molecule has 0 radical (unpaired) electrons. The summed E-state index contributed by atoms with van der Waals surface area (Å²) in [5, 5.41) is 0. The summed E-state index contributed by atoms with van der Waals surface area (Å²) in [5.74, 6) is -0.272. The molecule has 0 atom stereocenters. The second kappa shape index (κ2) is 3.48. The third-order valence-electron chi connectivity index (χ3n) is 1.97. The van der Waals surface area contributed by atoms with Crippen LogP contribution in [0.2, 0.25) is 0 Å². The molecule has 0 saturated heterocycles. The van der Waals surface area contributed by atoms with Gasteiger partial charge in [-0.3, -0.25) is 0 Å². The van der Waals surface area contributed by atoms with Crippen molar-refractivity contribution in [2.45, 2.75) is 27.2 Å². The van der Waals surface area contributed by atoms with E-state index in [0.717, 1.165) is 0 Å². The van der Waals surface area contributed by atoms with Gasteiger partial charge >= 0.3 is 0 Å². The first-order valence-electron chi connectivity index (χ1n) is 4.63. The van der Waals surface area contributed by atoms with Gasteiger partial charge in [0.15, 0.2) is 0 Å². The van der Waals surface area contributed by atoms with Crippen molar-refractivity contribution < 1.29 is 4.39 Å². The van der Waals surface area contributed by atoms with Crippen LogP contribution in [-0.4, -0.2) is 0 Å². The molecule has 0 saturated carbocycles. The van der Waals surface area contributed by atoms with Crippen molar-refractivity contribution in [1.82, 2.24) is 0 Å². The third-order valence-corrected chi connectivity index (χ3v) is 1.97. The SMILES string of the molecule is CC(C)(C)Cc1cc(N)c(N)cc1F. The number of benzene rings is 1. The molecule has 1 aromatic carbocycles. The van der Waals surface area contributed by atoms with Crippen LogP contribution >= 0.6 is 0 Å². The van der Waals surface area contributed by atoms with Gasteiger partial charge in [0, 0.05) is 0 Å². The maximum atomic E-state index is 13.4. The van der Waals surface area contributed by atoms with Crippen molar-refractivity contribution in [2.24, 2.45) is 5.41 Å². The quantitative estimate of drug-likeness (QED) is 0.678. The van der Waals surface area contributed by atoms with E-state index in [2.05, 4.69) is 20.8 Å². The number of nitrogens with two attached hydrogens (primary N) is 2. The van der Waals surface area contributed by atoms with E-state index in [4.69, 9.17) is 11.5 Å². The lowest BCUT2D eigenvalue weighted by atomic mass is 9.87. The van der Waals surface area contributed by atoms with Crippen LogP contribution in [0.15, 0.2) is 12.1 Å². The van der Waals surface area contributed by atoms with Crippen LogP contribution in [0.4, 0.5) is 15.8 Å². The number of halogens is 1. The zero-order valence-corrected chi connectivity index (χ0v) is 8.89. The fourth-order valence-corrected chi connectivity index (χ4v) is 1.36. The highest BCUT2D eigenvalue weighted by Crippen LogP contribution is 2.26. The molecule has 0 heterocycles. The maximum absolute atomic E-state index is 13.4. The van der Waals surface area contributed by atoms with Gasteiger partial charge in [-0.25, -0.2) is 4.39 Å². The van der Waals surface area contributed by atoms with Gasteiger partial charge in [0.2, 0.25) is 0 Å². The summed E-state index contributed by atoms with van der Waals surface area (Å²) >= 11 is 0. The van der Waals surface area contributed by atoms with Gasteiger partial charge in [0.25, 0.3) is 0 Å². The number of anilines is 2. The predicted molar refractivity (Wildman–Crippen MR) is 58.4 cm³/mol. The molecule has 0 unspecified atom stereocenters. The first-order chi connectivity index (χ1) is 6.29. The average Bonchev–Trinajstić information content (AvgIpc) is 1.97. The largest absolute Gasteiger partial charge is 0.397 e. The van der Waals surface area contributed by atoms with Crippen LogP contribution in [0.25, 0.3) is 0 Å². The van der Waals surface area contributed by atoms with Crippen molar-refractivity contribution in [3.8, 4) is 0 Å². The molecule has 0 fully saturated rings. The maximum Gasteiger partial charge on any atom is 0.128 e. The number of hydrogen-bond acceptors (Lipinski definition) is 2. The van der Waals surface area contributed by atoms with Crippen molar-refractivity contribution >= 4 is 11.4 Å². The van der Waals surface area contributed by atoms with E-state index in [1.165, 1.54) is 6.07 Å². The highest BCUT2D eigenvalue weighted by Gasteiger charge is 2.15. The molecule has 0 aliphatic heterocycles. The molecule has 0 aromatic heterocycles. The van der Waals surface area contributed by atoms with Crippen molar-refractivity contribution in [1.29, 1.82) is 0 Å². The number of rotatable bonds is 1. The standard InChI is InChI=1S/C11H17FN2/c1-11(2,3)6-7-4-9(13)10(14)5-8(7)12/h4-5H,6,13-14H2,1-3H3. The predicted octanol–water partition coefficient (Wildman–Crippen LogP) is 2.58. The molecule has 3 heteroatoms. The van der Waals surface area contributed by atoms with Gasteiger partial charge in [-0.15, -0.1) is 0 Å². The van der Waals surface area contributed by atoms with Crippen molar-refractivity contribution in [3.63, 3.8) is 0 Å². The Kier molecular flexibility index (Phi) is 2.69. The smallest absolute Gasteiger partial charge is 0.128 e. The molecule has 14 heavy (non-hydrogen) atoms. The minimum atomic E-state index is -0.272. The van der Waals surface area contributed by atoms with Crippen LogP contribution in [0.3, 0.4) is 0 Å². The van der Waals surface area contributed by atoms with E-state index in [1.807, 2.05) is 0 Å². The van der Waals surface area contributed by atoms with Gasteiger partial charge in [0.05, 0.1) is 11.4 Å². The molecule has 0 spiro atoms. The fourth-order valence-electron chi connectivity index (χ4n) is 1.36. The fraction of sp³-hybridized carbons (Fsp3) is 0.455. The second-order valence-electron chi connectivity index (χ2n) is 4.81.